The van der Waals surface area contributed by atoms with Crippen molar-refractivity contribution in [3.8, 4) is 17.2 Å². The van der Waals surface area contributed by atoms with E-state index in [0.29, 0.717) is 11.1 Å². The monoisotopic (exact) mass is 410 g/mol. The first-order valence-corrected chi connectivity index (χ1v) is 8.83. The van der Waals surface area contributed by atoms with Gasteiger partial charge in [-0.3, -0.25) is 4.79 Å². The molecule has 0 saturated heterocycles. The second-order valence-corrected chi connectivity index (χ2v) is 6.13. The summed E-state index contributed by atoms with van der Waals surface area (Å²) in [4.78, 5) is 36.5. The van der Waals surface area contributed by atoms with Crippen molar-refractivity contribution in [1.29, 1.82) is 0 Å². The van der Waals surface area contributed by atoms with E-state index in [1.165, 1.54) is 19.2 Å². The minimum absolute atomic E-state index is 0.0276. The van der Waals surface area contributed by atoms with Gasteiger partial charge >= 0.3 is 11.9 Å². The Morgan fingerprint density at radius 2 is 1.10 bits per heavy atom. The van der Waals surface area contributed by atoms with Crippen LogP contribution in [0.4, 0.5) is 0 Å². The number of benzene rings is 3. The molecule has 0 aliphatic rings. The predicted octanol–water partition coefficient (Wildman–Crippen LogP) is 4.51. The van der Waals surface area contributed by atoms with Gasteiger partial charge in [0, 0.05) is 5.56 Å². The third-order valence-electron chi connectivity index (χ3n) is 3.88. The van der Waals surface area contributed by atoms with Crippen LogP contribution in [0.15, 0.2) is 72.8 Å². The molecule has 0 aliphatic carbocycles. The van der Waals surface area contributed by atoms with E-state index < -0.39 is 17.2 Å². The number of carbonyl (C=O) groups excluding carboxylic acids is 3. The number of esters is 2. The molecule has 3 aromatic rings. The van der Waals surface area contributed by atoms with Gasteiger partial charge in [-0.1, -0.05) is 36.4 Å². The fourth-order valence-electron chi connectivity index (χ4n) is 2.51. The Bertz CT molecular complexity index is 973. The first-order valence-electron chi connectivity index (χ1n) is 8.46. The van der Waals surface area contributed by atoms with Crippen LogP contribution in [0.5, 0.6) is 17.2 Å². The van der Waals surface area contributed by atoms with E-state index in [4.69, 9.17) is 25.8 Å². The first-order chi connectivity index (χ1) is 14.0. The minimum Gasteiger partial charge on any atom is -0.490 e. The fourth-order valence-corrected chi connectivity index (χ4v) is 2.62. The van der Waals surface area contributed by atoms with Crippen LogP contribution in [0.3, 0.4) is 0 Å². The Hall–Kier alpha value is -3.64. The van der Waals surface area contributed by atoms with Gasteiger partial charge in [0.05, 0.1) is 18.2 Å². The number of rotatable bonds is 6. The van der Waals surface area contributed by atoms with Crippen molar-refractivity contribution < 1.29 is 28.6 Å². The SMILES string of the molecule is COc1c(OC(=O)c2ccccc2)cc(C(=O)Cl)cc1OC(=O)c1ccccc1. The number of halogens is 1. The van der Waals surface area contributed by atoms with Crippen LogP contribution in [0.2, 0.25) is 0 Å². The molecule has 3 aromatic carbocycles. The fraction of sp³-hybridized carbons (Fsp3) is 0.0455. The minimum atomic E-state index is -0.818. The molecular weight excluding hydrogens is 396 g/mol. The summed E-state index contributed by atoms with van der Waals surface area (Å²) in [5.74, 6) is -1.60. The van der Waals surface area contributed by atoms with Crippen LogP contribution >= 0.6 is 11.6 Å². The molecule has 0 spiro atoms. The highest BCUT2D eigenvalue weighted by atomic mass is 35.5. The summed E-state index contributed by atoms with van der Waals surface area (Å²) >= 11 is 5.59. The van der Waals surface area contributed by atoms with Gasteiger partial charge in [0.25, 0.3) is 5.24 Å². The Labute approximate surface area is 171 Å². The van der Waals surface area contributed by atoms with E-state index in [1.54, 1.807) is 60.7 Å². The van der Waals surface area contributed by atoms with E-state index >= 15 is 0 Å². The highest BCUT2D eigenvalue weighted by Crippen LogP contribution is 2.40. The topological polar surface area (TPSA) is 78.9 Å². The molecule has 0 aromatic heterocycles. The molecule has 0 N–H and O–H groups in total. The average molecular weight is 411 g/mol. The number of hydrogen-bond donors (Lipinski definition) is 0. The number of methoxy groups -OCH3 is 1. The van der Waals surface area contributed by atoms with Gasteiger partial charge in [0.2, 0.25) is 5.75 Å². The van der Waals surface area contributed by atoms with Gasteiger partial charge in [-0.15, -0.1) is 0 Å². The maximum absolute atomic E-state index is 12.4. The second-order valence-electron chi connectivity index (χ2n) is 5.79. The lowest BCUT2D eigenvalue weighted by Crippen LogP contribution is -2.12. The van der Waals surface area contributed by atoms with Crippen LogP contribution in [0, 0.1) is 0 Å². The first kappa shape index (κ1) is 20.1. The zero-order valence-corrected chi connectivity index (χ0v) is 16.0. The third-order valence-corrected chi connectivity index (χ3v) is 4.09. The standard InChI is InChI=1S/C22H15ClO6/c1-27-19-17(28-21(25)14-8-4-2-5-9-14)12-16(20(23)24)13-18(19)29-22(26)15-10-6-3-7-11-15/h2-13H,1H3. The van der Waals surface area contributed by atoms with Crippen molar-refractivity contribution in [3.05, 3.63) is 89.5 Å². The van der Waals surface area contributed by atoms with Gasteiger partial charge in [0.15, 0.2) is 11.5 Å². The van der Waals surface area contributed by atoms with Crippen LogP contribution in [0.25, 0.3) is 0 Å². The highest BCUT2D eigenvalue weighted by molar-refractivity contribution is 6.67. The third kappa shape index (κ3) is 4.80. The summed E-state index contributed by atoms with van der Waals surface area (Å²) in [6.07, 6.45) is 0. The maximum Gasteiger partial charge on any atom is 0.343 e. The van der Waals surface area contributed by atoms with Gasteiger partial charge in [-0.2, -0.15) is 0 Å². The lowest BCUT2D eigenvalue weighted by atomic mass is 10.2. The van der Waals surface area contributed by atoms with Crippen molar-refractivity contribution in [3.63, 3.8) is 0 Å². The summed E-state index contributed by atoms with van der Waals surface area (Å²) in [5.41, 5.74) is 0.555. The summed E-state index contributed by atoms with van der Waals surface area (Å²) < 4.78 is 16.0. The molecule has 0 atom stereocenters. The summed E-state index contributed by atoms with van der Waals surface area (Å²) in [5, 5.41) is -0.818. The molecule has 146 valence electrons. The highest BCUT2D eigenvalue weighted by Gasteiger charge is 2.22. The lowest BCUT2D eigenvalue weighted by Gasteiger charge is -2.15. The van der Waals surface area contributed by atoms with E-state index in [0.717, 1.165) is 0 Å². The second kappa shape index (κ2) is 9.03. The normalized spacial score (nSPS) is 10.1. The molecule has 6 nitrogen and oxygen atoms in total. The molecule has 0 unspecified atom stereocenters. The maximum atomic E-state index is 12.4. The zero-order chi connectivity index (χ0) is 20.8. The van der Waals surface area contributed by atoms with Gasteiger partial charge in [-0.25, -0.2) is 9.59 Å². The molecule has 0 amide bonds. The van der Waals surface area contributed by atoms with Crippen LogP contribution in [-0.4, -0.2) is 24.3 Å². The average Bonchev–Trinajstić information content (AvgIpc) is 2.74. The Morgan fingerprint density at radius 1 is 0.690 bits per heavy atom. The molecule has 0 fully saturated rings. The van der Waals surface area contributed by atoms with Crippen molar-refractivity contribution in [2.75, 3.05) is 7.11 Å². The summed E-state index contributed by atoms with van der Waals surface area (Å²) in [7, 11) is 1.32. The van der Waals surface area contributed by atoms with E-state index in [9.17, 15) is 14.4 Å². The number of hydrogen-bond acceptors (Lipinski definition) is 6. The van der Waals surface area contributed by atoms with Crippen LogP contribution < -0.4 is 14.2 Å². The zero-order valence-electron chi connectivity index (χ0n) is 15.3. The van der Waals surface area contributed by atoms with E-state index in [1.807, 2.05) is 0 Å². The smallest absolute Gasteiger partial charge is 0.343 e. The molecule has 0 heterocycles. The Kier molecular flexibility index (Phi) is 6.26. The molecule has 0 bridgehead atoms. The van der Waals surface area contributed by atoms with Crippen molar-refractivity contribution in [2.45, 2.75) is 0 Å². The molecule has 29 heavy (non-hydrogen) atoms. The number of ether oxygens (including phenoxy) is 3. The molecule has 0 radical (unpaired) electrons. The van der Waals surface area contributed by atoms with Gasteiger partial charge < -0.3 is 14.2 Å². The number of carbonyl (C=O) groups is 3. The van der Waals surface area contributed by atoms with Crippen molar-refractivity contribution in [1.82, 2.24) is 0 Å². The van der Waals surface area contributed by atoms with Gasteiger partial charge in [0.1, 0.15) is 0 Å². The molecular formula is C22H15ClO6. The lowest BCUT2D eigenvalue weighted by molar-refractivity contribution is 0.0721. The van der Waals surface area contributed by atoms with E-state index in [2.05, 4.69) is 0 Å². The quantitative estimate of drug-likeness (QED) is 0.338. The van der Waals surface area contributed by atoms with Crippen LogP contribution in [-0.2, 0) is 0 Å². The Balaban J connectivity index is 1.98. The predicted molar refractivity (Wildman–Crippen MR) is 106 cm³/mol. The summed E-state index contributed by atoms with van der Waals surface area (Å²) in [6.45, 7) is 0. The molecule has 3 rings (SSSR count). The van der Waals surface area contributed by atoms with E-state index in [-0.39, 0.29) is 22.8 Å². The summed E-state index contributed by atoms with van der Waals surface area (Å²) in [6, 6.07) is 19.0. The van der Waals surface area contributed by atoms with Crippen LogP contribution in [0.1, 0.15) is 31.1 Å². The Morgan fingerprint density at radius 3 is 1.45 bits per heavy atom. The molecule has 0 aliphatic heterocycles. The largest absolute Gasteiger partial charge is 0.490 e. The van der Waals surface area contributed by atoms with Gasteiger partial charge in [-0.05, 0) is 48.0 Å². The molecule has 0 saturated carbocycles. The molecule has 7 heteroatoms. The van der Waals surface area contributed by atoms with Crippen molar-refractivity contribution in [2.24, 2.45) is 0 Å². The van der Waals surface area contributed by atoms with Crippen molar-refractivity contribution >= 4 is 28.8 Å².